The van der Waals surface area contributed by atoms with Crippen molar-refractivity contribution in [3.05, 3.63) is 101 Å². The minimum atomic E-state index is -0.173. The van der Waals surface area contributed by atoms with Gasteiger partial charge in [-0.15, -0.1) is 24.8 Å². The van der Waals surface area contributed by atoms with Crippen LogP contribution in [0.2, 0.25) is 0 Å². The molecule has 0 saturated carbocycles. The Balaban J connectivity index is 0.00000200. The topological polar surface area (TPSA) is 41.6 Å². The highest BCUT2D eigenvalue weighted by Gasteiger charge is 2.22. The summed E-state index contributed by atoms with van der Waals surface area (Å²) in [6.45, 7) is 3.58. The second kappa shape index (κ2) is 14.6. The van der Waals surface area contributed by atoms with Gasteiger partial charge in [0.2, 0.25) is 0 Å². The normalized spacial score (nSPS) is 17.8. The number of hydrogen-bond acceptors (Lipinski definition) is 4. The van der Waals surface area contributed by atoms with Crippen LogP contribution in [0.15, 0.2) is 72.8 Å². The van der Waals surface area contributed by atoms with E-state index < -0.39 is 0 Å². The van der Waals surface area contributed by atoms with Crippen molar-refractivity contribution < 1.29 is 14.0 Å². The lowest BCUT2D eigenvalue weighted by molar-refractivity contribution is 0.0961. The van der Waals surface area contributed by atoms with Gasteiger partial charge in [0.05, 0.1) is 0 Å². The lowest BCUT2D eigenvalue weighted by Crippen LogP contribution is -2.33. The second-order valence-corrected chi connectivity index (χ2v) is 10.3. The molecule has 2 heterocycles. The number of piperidine rings is 1. The highest BCUT2D eigenvalue weighted by molar-refractivity contribution is 5.96. The van der Waals surface area contributed by atoms with Gasteiger partial charge in [0, 0.05) is 25.1 Å². The van der Waals surface area contributed by atoms with Crippen LogP contribution in [0.3, 0.4) is 0 Å². The van der Waals surface area contributed by atoms with Crippen LogP contribution < -0.4 is 10.3 Å². The van der Waals surface area contributed by atoms with Crippen LogP contribution in [0.1, 0.15) is 52.7 Å². The van der Waals surface area contributed by atoms with E-state index in [-0.39, 0.29) is 36.4 Å². The molecular weight excluding hydrogens is 522 g/mol. The van der Waals surface area contributed by atoms with Gasteiger partial charge >= 0.3 is 0 Å². The van der Waals surface area contributed by atoms with E-state index in [0.717, 1.165) is 80.7 Å². The van der Waals surface area contributed by atoms with Gasteiger partial charge in [-0.3, -0.25) is 9.69 Å². The maximum absolute atomic E-state index is 13.5. The maximum Gasteiger partial charge on any atom is 0.162 e. The van der Waals surface area contributed by atoms with Gasteiger partial charge in [0.1, 0.15) is 11.6 Å². The summed E-state index contributed by atoms with van der Waals surface area (Å²) < 4.78 is 13.5. The Kier molecular flexibility index (Phi) is 11.6. The summed E-state index contributed by atoms with van der Waals surface area (Å²) in [4.78, 5) is 21.2. The maximum atomic E-state index is 13.5. The van der Waals surface area contributed by atoms with Gasteiger partial charge in [-0.2, -0.15) is 5.48 Å². The molecule has 2 aliphatic rings. The molecule has 0 bridgehead atoms. The largest absolute Gasteiger partial charge is 0.408 e. The molecule has 1 atom stereocenters. The number of fused-ring (bicyclic) bond motifs is 1. The van der Waals surface area contributed by atoms with Crippen molar-refractivity contribution >= 4 is 30.6 Å². The molecule has 0 radical (unpaired) electrons. The number of ketones is 1. The first-order valence-corrected chi connectivity index (χ1v) is 13.2. The van der Waals surface area contributed by atoms with E-state index in [0.29, 0.717) is 18.3 Å². The zero-order valence-electron chi connectivity index (χ0n) is 21.6. The molecule has 204 valence electrons. The van der Waals surface area contributed by atoms with Crippen molar-refractivity contribution in [3.63, 3.8) is 0 Å². The zero-order chi connectivity index (χ0) is 24.7. The Bertz CT molecular complexity index is 1170. The van der Waals surface area contributed by atoms with Gasteiger partial charge in [-0.1, -0.05) is 42.5 Å². The second-order valence-electron chi connectivity index (χ2n) is 10.3. The molecule has 7 heteroatoms. The smallest absolute Gasteiger partial charge is 0.162 e. The Morgan fingerprint density at radius 3 is 2.45 bits per heavy atom. The average molecular weight is 560 g/mol. The van der Waals surface area contributed by atoms with E-state index in [2.05, 4.69) is 34.6 Å². The third-order valence-corrected chi connectivity index (χ3v) is 7.59. The molecule has 0 aliphatic carbocycles. The van der Waals surface area contributed by atoms with Crippen molar-refractivity contribution in [1.29, 1.82) is 0 Å². The van der Waals surface area contributed by atoms with E-state index in [9.17, 15) is 9.18 Å². The molecule has 4 nitrogen and oxygen atoms in total. The van der Waals surface area contributed by atoms with Crippen molar-refractivity contribution in [1.82, 2.24) is 10.4 Å². The standard InChI is InChI=1S/C31H35FN2O2.2ClH/c32-29-8-4-7-25(19-29)22-34-15-13-23(14-16-34)9-11-30(35)27-10-12-31-28(20-27)18-26(21-33-36-31)17-24-5-2-1-3-6-24;;/h1-8,10,12,19-20,23,26,33H,9,11,13-18,21-22H2;2*1H. The van der Waals surface area contributed by atoms with Crippen LogP contribution >= 0.6 is 24.8 Å². The lowest BCUT2D eigenvalue weighted by Gasteiger charge is -2.32. The summed E-state index contributed by atoms with van der Waals surface area (Å²) >= 11 is 0. The van der Waals surface area contributed by atoms with E-state index in [4.69, 9.17) is 4.84 Å². The number of carbonyl (C=O) groups is 1. The SMILES string of the molecule is Cl.Cl.O=C(CCC1CCN(Cc2cccc(F)c2)CC1)c1ccc2c(c1)CC(Cc1ccccc1)CNO2. The molecule has 1 saturated heterocycles. The summed E-state index contributed by atoms with van der Waals surface area (Å²) in [5.41, 5.74) is 7.35. The van der Waals surface area contributed by atoms with Crippen molar-refractivity contribution in [2.45, 2.75) is 45.1 Å². The summed E-state index contributed by atoms with van der Waals surface area (Å²) in [5.74, 6) is 1.86. The summed E-state index contributed by atoms with van der Waals surface area (Å²) in [7, 11) is 0. The molecule has 1 fully saturated rings. The van der Waals surface area contributed by atoms with Crippen LogP contribution in [-0.4, -0.2) is 30.3 Å². The number of likely N-dealkylation sites (tertiary alicyclic amines) is 1. The average Bonchev–Trinajstić information content (AvgIpc) is 3.10. The molecule has 0 aromatic heterocycles. The van der Waals surface area contributed by atoms with Crippen molar-refractivity contribution in [3.8, 4) is 5.75 Å². The summed E-state index contributed by atoms with van der Waals surface area (Å²) in [6.07, 6.45) is 5.56. The number of rotatable bonds is 8. The Morgan fingerprint density at radius 1 is 0.921 bits per heavy atom. The predicted octanol–water partition coefficient (Wildman–Crippen LogP) is 6.84. The van der Waals surface area contributed by atoms with E-state index >= 15 is 0 Å². The van der Waals surface area contributed by atoms with Crippen LogP contribution in [0, 0.1) is 17.7 Å². The molecule has 5 rings (SSSR count). The summed E-state index contributed by atoms with van der Waals surface area (Å²) in [5, 5.41) is 0. The first-order chi connectivity index (χ1) is 17.6. The van der Waals surface area contributed by atoms with Crippen LogP contribution in [0.25, 0.3) is 0 Å². The molecule has 3 aromatic rings. The monoisotopic (exact) mass is 558 g/mol. The highest BCUT2D eigenvalue weighted by Crippen LogP contribution is 2.28. The Hall–Kier alpha value is -2.44. The third kappa shape index (κ3) is 8.28. The lowest BCUT2D eigenvalue weighted by atomic mass is 9.89. The van der Waals surface area contributed by atoms with Crippen molar-refractivity contribution in [2.24, 2.45) is 11.8 Å². The molecule has 1 N–H and O–H groups in total. The van der Waals surface area contributed by atoms with Gasteiger partial charge in [-0.05, 0) is 104 Å². The van der Waals surface area contributed by atoms with Crippen LogP contribution in [0.5, 0.6) is 5.75 Å². The Labute approximate surface area is 237 Å². The third-order valence-electron chi connectivity index (χ3n) is 7.59. The molecule has 1 unspecified atom stereocenters. The fourth-order valence-corrected chi connectivity index (χ4v) is 5.53. The fraction of sp³-hybridized carbons (Fsp3) is 0.387. The predicted molar refractivity (Wildman–Crippen MR) is 155 cm³/mol. The van der Waals surface area contributed by atoms with Gasteiger partial charge in [0.25, 0.3) is 0 Å². The molecule has 0 spiro atoms. The zero-order valence-corrected chi connectivity index (χ0v) is 23.2. The number of nitrogens with zero attached hydrogens (tertiary/aromatic N) is 1. The van der Waals surface area contributed by atoms with Crippen LogP contribution in [0.4, 0.5) is 4.39 Å². The number of carbonyl (C=O) groups excluding carboxylic acids is 1. The number of Topliss-reactive ketones (excluding diaryl/α,β-unsaturated/α-hetero) is 1. The highest BCUT2D eigenvalue weighted by atomic mass is 35.5. The number of nitrogens with one attached hydrogen (secondary N) is 1. The van der Waals surface area contributed by atoms with Gasteiger partial charge in [-0.25, -0.2) is 4.39 Å². The minimum absolute atomic E-state index is 0. The van der Waals surface area contributed by atoms with Crippen molar-refractivity contribution in [2.75, 3.05) is 19.6 Å². The van der Waals surface area contributed by atoms with Crippen LogP contribution in [-0.2, 0) is 19.4 Å². The summed E-state index contributed by atoms with van der Waals surface area (Å²) in [6, 6.07) is 23.3. The number of benzene rings is 3. The Morgan fingerprint density at radius 2 is 1.68 bits per heavy atom. The fourth-order valence-electron chi connectivity index (χ4n) is 5.53. The van der Waals surface area contributed by atoms with E-state index in [1.807, 2.05) is 30.3 Å². The van der Waals surface area contributed by atoms with E-state index in [1.54, 1.807) is 12.1 Å². The molecule has 3 aromatic carbocycles. The molecular formula is C31H37Cl2FN2O2. The first kappa shape index (κ1) is 30.1. The van der Waals surface area contributed by atoms with E-state index in [1.165, 1.54) is 11.6 Å². The first-order valence-electron chi connectivity index (χ1n) is 13.2. The van der Waals surface area contributed by atoms with Gasteiger partial charge in [0.15, 0.2) is 5.78 Å². The molecule has 0 amide bonds. The quantitative estimate of drug-likeness (QED) is 0.307. The number of halogens is 3. The molecule has 38 heavy (non-hydrogen) atoms. The number of hydroxylamine groups is 1. The minimum Gasteiger partial charge on any atom is -0.408 e. The molecule has 2 aliphatic heterocycles. The number of hydrogen-bond donors (Lipinski definition) is 1. The van der Waals surface area contributed by atoms with Gasteiger partial charge < -0.3 is 4.84 Å².